The van der Waals surface area contributed by atoms with Gasteiger partial charge in [-0.15, -0.1) is 0 Å². The number of amides is 2. The highest BCUT2D eigenvalue weighted by Gasteiger charge is 2.51. The van der Waals surface area contributed by atoms with Gasteiger partial charge in [0, 0.05) is 5.69 Å². The third-order valence-electron chi connectivity index (χ3n) is 5.69. The summed E-state index contributed by atoms with van der Waals surface area (Å²) in [5.74, 6) is -1.35. The van der Waals surface area contributed by atoms with Crippen LogP contribution in [0, 0.1) is 5.82 Å². The number of fused-ring (bicyclic) bond motifs is 1. The number of halogens is 4. The number of aromatic nitrogens is 3. The van der Waals surface area contributed by atoms with Gasteiger partial charge in [0.25, 0.3) is 15.9 Å². The third-order valence-corrected chi connectivity index (χ3v) is 7.48. The van der Waals surface area contributed by atoms with Crippen molar-refractivity contribution in [3.63, 3.8) is 0 Å². The van der Waals surface area contributed by atoms with Gasteiger partial charge in [0.2, 0.25) is 11.4 Å². The molecule has 0 saturated heterocycles. The van der Waals surface area contributed by atoms with Crippen molar-refractivity contribution >= 4 is 33.4 Å². The summed E-state index contributed by atoms with van der Waals surface area (Å²) in [4.78, 5) is 27.9. The van der Waals surface area contributed by atoms with Crippen LogP contribution in [0.3, 0.4) is 0 Å². The molecular weight excluding hydrogens is 564 g/mol. The number of H-pyrrole nitrogens is 1. The number of carbonyl (C=O) groups is 2. The van der Waals surface area contributed by atoms with E-state index in [1.807, 2.05) is 0 Å². The molecule has 17 heteroatoms. The molecule has 0 saturated carbocycles. The summed E-state index contributed by atoms with van der Waals surface area (Å²) < 4.78 is 91.2. The maximum absolute atomic E-state index is 13.6. The summed E-state index contributed by atoms with van der Waals surface area (Å²) in [5.41, 5.74) is -2.97. The largest absolute Gasteiger partial charge is 0.484 e. The lowest BCUT2D eigenvalue weighted by atomic mass is 10.1. The van der Waals surface area contributed by atoms with Gasteiger partial charge in [0.1, 0.15) is 24.0 Å². The van der Waals surface area contributed by atoms with E-state index in [4.69, 9.17) is 4.74 Å². The molecular formula is C23H22F4N6O6S. The fourth-order valence-electron chi connectivity index (χ4n) is 3.50. The smallest absolute Gasteiger partial charge is 0.427 e. The van der Waals surface area contributed by atoms with Crippen LogP contribution < -0.4 is 19.7 Å². The molecule has 0 fully saturated rings. The Morgan fingerprint density at radius 2 is 1.88 bits per heavy atom. The summed E-state index contributed by atoms with van der Waals surface area (Å²) in [5, 5.41) is 10.6. The summed E-state index contributed by atoms with van der Waals surface area (Å²) in [7, 11) is -4.35. The van der Waals surface area contributed by atoms with E-state index in [0.717, 1.165) is 34.9 Å². The Hall–Kier alpha value is -4.41. The second-order valence-electron chi connectivity index (χ2n) is 8.98. The van der Waals surface area contributed by atoms with Gasteiger partial charge in [-0.1, -0.05) is 0 Å². The lowest BCUT2D eigenvalue weighted by molar-refractivity contribution is -0.242. The van der Waals surface area contributed by atoms with Crippen molar-refractivity contribution in [1.29, 1.82) is 0 Å². The number of hydrogen-bond acceptors (Lipinski definition) is 8. The minimum absolute atomic E-state index is 0.0189. The first-order valence-electron chi connectivity index (χ1n) is 11.5. The fraction of sp³-hybridized carbons (Fsp3) is 0.304. The van der Waals surface area contributed by atoms with Gasteiger partial charge in [-0.25, -0.2) is 22.6 Å². The van der Waals surface area contributed by atoms with E-state index in [-0.39, 0.29) is 40.9 Å². The van der Waals surface area contributed by atoms with Gasteiger partial charge in [-0.3, -0.25) is 19.5 Å². The van der Waals surface area contributed by atoms with Crippen molar-refractivity contribution in [3.05, 3.63) is 60.4 Å². The first-order valence-corrected chi connectivity index (χ1v) is 12.9. The topological polar surface area (TPSA) is 156 Å². The predicted molar refractivity (Wildman–Crippen MR) is 131 cm³/mol. The number of nitrogens with zero attached hydrogens (tertiary/aromatic N) is 3. The van der Waals surface area contributed by atoms with Crippen LogP contribution >= 0.6 is 0 Å². The maximum atomic E-state index is 13.6. The number of nitrogens with one attached hydrogen (secondary N) is 3. The molecule has 3 aromatic rings. The summed E-state index contributed by atoms with van der Waals surface area (Å²) in [6, 6.07) is 7.75. The minimum Gasteiger partial charge on any atom is -0.484 e. The Labute approximate surface area is 224 Å². The Morgan fingerprint density at radius 1 is 1.18 bits per heavy atom. The molecule has 4 rings (SSSR count). The second kappa shape index (κ2) is 10.6. The summed E-state index contributed by atoms with van der Waals surface area (Å²) in [6.45, 7) is 0.850. The lowest BCUT2D eigenvalue weighted by Crippen LogP contribution is -2.48. The first kappa shape index (κ1) is 28.6. The van der Waals surface area contributed by atoms with Crippen molar-refractivity contribution in [2.45, 2.75) is 36.6 Å². The highest BCUT2D eigenvalue weighted by Crippen LogP contribution is 2.39. The number of ether oxygens (including phenoxy) is 2. The van der Waals surface area contributed by atoms with E-state index in [1.54, 1.807) is 0 Å². The maximum Gasteiger partial charge on any atom is 0.427 e. The molecule has 12 nitrogen and oxygen atoms in total. The van der Waals surface area contributed by atoms with Crippen molar-refractivity contribution in [2.24, 2.45) is 0 Å². The van der Waals surface area contributed by atoms with Gasteiger partial charge >= 0.3 is 12.3 Å². The monoisotopic (exact) mass is 586 g/mol. The molecule has 1 aliphatic rings. The minimum atomic E-state index is -4.84. The molecule has 2 heterocycles. The van der Waals surface area contributed by atoms with E-state index >= 15 is 0 Å². The molecule has 0 aliphatic carbocycles. The molecule has 1 atom stereocenters. The fourth-order valence-corrected chi connectivity index (χ4v) is 4.99. The van der Waals surface area contributed by atoms with Crippen molar-refractivity contribution < 1.29 is 45.0 Å². The SMILES string of the molecule is CC(C)(OC(=O)Nc1ccc2c(c1)N(S(=O)(=O)c1ccc(F)cc1)C[C@H](CNC(=O)c1ncn[nH]1)O2)C(F)(F)F. The van der Waals surface area contributed by atoms with E-state index in [1.165, 1.54) is 18.2 Å². The molecule has 0 bridgehead atoms. The number of sulfonamides is 1. The van der Waals surface area contributed by atoms with Crippen molar-refractivity contribution in [2.75, 3.05) is 22.7 Å². The zero-order valence-electron chi connectivity index (χ0n) is 20.8. The third kappa shape index (κ3) is 6.08. The van der Waals surface area contributed by atoms with Crippen LogP contribution in [0.4, 0.5) is 33.7 Å². The summed E-state index contributed by atoms with van der Waals surface area (Å²) in [6.07, 6.45) is -6.05. The zero-order chi connectivity index (χ0) is 29.3. The Bertz CT molecular complexity index is 1500. The van der Waals surface area contributed by atoms with Crippen LogP contribution in [-0.2, 0) is 14.8 Å². The van der Waals surface area contributed by atoms with Crippen LogP contribution in [-0.4, -0.2) is 66.6 Å². The molecule has 2 amide bonds. The average molecular weight is 587 g/mol. The molecule has 40 heavy (non-hydrogen) atoms. The molecule has 214 valence electrons. The zero-order valence-corrected chi connectivity index (χ0v) is 21.6. The van der Waals surface area contributed by atoms with Crippen LogP contribution in [0.15, 0.2) is 53.7 Å². The van der Waals surface area contributed by atoms with Crippen LogP contribution in [0.5, 0.6) is 5.75 Å². The molecule has 3 N–H and O–H groups in total. The number of aromatic amines is 1. The van der Waals surface area contributed by atoms with Crippen LogP contribution in [0.2, 0.25) is 0 Å². The van der Waals surface area contributed by atoms with E-state index < -0.39 is 45.7 Å². The number of alkyl halides is 3. The quantitative estimate of drug-likeness (QED) is 0.357. The first-order chi connectivity index (χ1) is 18.7. The Morgan fingerprint density at radius 3 is 2.50 bits per heavy atom. The Balaban J connectivity index is 1.62. The normalized spacial score (nSPS) is 15.6. The highest BCUT2D eigenvalue weighted by molar-refractivity contribution is 7.92. The molecule has 0 radical (unpaired) electrons. The second-order valence-corrected chi connectivity index (χ2v) is 10.8. The average Bonchev–Trinajstić information content (AvgIpc) is 3.41. The van der Waals surface area contributed by atoms with Crippen molar-refractivity contribution in [1.82, 2.24) is 20.5 Å². The molecule has 1 aliphatic heterocycles. The van der Waals surface area contributed by atoms with Gasteiger partial charge in [-0.05, 0) is 56.3 Å². The molecule has 0 spiro atoms. The van der Waals surface area contributed by atoms with Crippen molar-refractivity contribution in [3.8, 4) is 5.75 Å². The van der Waals surface area contributed by atoms with Crippen LogP contribution in [0.25, 0.3) is 0 Å². The predicted octanol–water partition coefficient (Wildman–Crippen LogP) is 3.22. The van der Waals surface area contributed by atoms with Crippen LogP contribution in [0.1, 0.15) is 24.5 Å². The van der Waals surface area contributed by atoms with E-state index in [9.17, 15) is 35.6 Å². The molecule has 0 unspecified atom stereocenters. The summed E-state index contributed by atoms with van der Waals surface area (Å²) >= 11 is 0. The van der Waals surface area contributed by atoms with Gasteiger partial charge in [0.15, 0.2) is 0 Å². The van der Waals surface area contributed by atoms with Gasteiger partial charge in [0.05, 0.1) is 23.7 Å². The standard InChI is InChI=1S/C23H22F4N6O6S/c1-22(2,23(25,26)27)39-21(35)31-14-5-8-18-17(9-14)33(40(36,37)16-6-3-13(24)4-7-16)11-15(38-18)10-28-20(34)19-29-12-30-32-19/h3-9,12,15H,10-11H2,1-2H3,(H,28,34)(H,31,35)(H,29,30,32)/t15-/m0/s1. The number of rotatable bonds is 7. The number of carbonyl (C=O) groups excluding carboxylic acids is 2. The van der Waals surface area contributed by atoms with Gasteiger partial charge in [-0.2, -0.15) is 18.3 Å². The number of anilines is 2. The van der Waals surface area contributed by atoms with E-state index in [2.05, 4.69) is 30.6 Å². The number of hydrogen-bond donors (Lipinski definition) is 3. The molecule has 1 aromatic heterocycles. The van der Waals surface area contributed by atoms with E-state index in [0.29, 0.717) is 13.8 Å². The molecule has 2 aromatic carbocycles. The Kier molecular flexibility index (Phi) is 7.60. The van der Waals surface area contributed by atoms with Gasteiger partial charge < -0.3 is 14.8 Å². The number of benzene rings is 2. The lowest BCUT2D eigenvalue weighted by Gasteiger charge is -2.35. The highest BCUT2D eigenvalue weighted by atomic mass is 32.2.